The van der Waals surface area contributed by atoms with Crippen molar-refractivity contribution in [2.75, 3.05) is 37.7 Å². The quantitative estimate of drug-likeness (QED) is 0.323. The summed E-state index contributed by atoms with van der Waals surface area (Å²) in [6.07, 6.45) is 0. The molecule has 0 fully saturated rings. The predicted octanol–water partition coefficient (Wildman–Crippen LogP) is 5.84. The van der Waals surface area contributed by atoms with E-state index in [4.69, 9.17) is 9.72 Å². The molecule has 4 aromatic rings. The van der Waals surface area contributed by atoms with Gasteiger partial charge in [-0.3, -0.25) is 9.69 Å². The second-order valence-electron chi connectivity index (χ2n) is 7.57. The topological polar surface area (TPSA) is 45.7 Å². The van der Waals surface area contributed by atoms with Crippen LogP contribution in [0.2, 0.25) is 0 Å². The highest BCUT2D eigenvalue weighted by Crippen LogP contribution is 2.33. The Morgan fingerprint density at radius 1 is 0.969 bits per heavy atom. The highest BCUT2D eigenvalue weighted by Gasteiger charge is 2.23. The van der Waals surface area contributed by atoms with Crippen LogP contribution < -0.4 is 9.64 Å². The van der Waals surface area contributed by atoms with Gasteiger partial charge in [-0.05, 0) is 55.1 Å². The van der Waals surface area contributed by atoms with Gasteiger partial charge in [-0.15, -0.1) is 0 Å². The van der Waals surface area contributed by atoms with Crippen LogP contribution in [0.5, 0.6) is 5.75 Å². The molecule has 0 spiro atoms. The summed E-state index contributed by atoms with van der Waals surface area (Å²) in [6.45, 7) is 10.2. The lowest BCUT2D eigenvalue weighted by molar-refractivity contribution is 0.0985. The number of amides is 1. The van der Waals surface area contributed by atoms with Gasteiger partial charge in [0.05, 0.1) is 16.8 Å². The number of thiazole rings is 1. The predicted molar refractivity (Wildman–Crippen MR) is 134 cm³/mol. The van der Waals surface area contributed by atoms with Crippen LogP contribution in [0.15, 0.2) is 60.7 Å². The van der Waals surface area contributed by atoms with Crippen LogP contribution in [0.1, 0.15) is 31.1 Å². The van der Waals surface area contributed by atoms with Crippen molar-refractivity contribution in [3.8, 4) is 5.75 Å². The molecule has 5 nitrogen and oxygen atoms in total. The first-order valence-corrected chi connectivity index (χ1v) is 12.0. The lowest BCUT2D eigenvalue weighted by atomic mass is 10.0. The Labute approximate surface area is 193 Å². The molecule has 4 rings (SSSR count). The zero-order chi connectivity index (χ0) is 22.5. The first-order chi connectivity index (χ1) is 15.6. The van der Waals surface area contributed by atoms with Gasteiger partial charge in [-0.1, -0.05) is 61.6 Å². The van der Waals surface area contributed by atoms with Crippen molar-refractivity contribution < 1.29 is 9.53 Å². The SMILES string of the molecule is CCOc1ccc2nc(N(CCN(CC)CC)C(=O)c3cccc4ccccc34)sc2c1. The van der Waals surface area contributed by atoms with Crippen molar-refractivity contribution in [1.29, 1.82) is 0 Å². The molecule has 166 valence electrons. The molecule has 1 amide bonds. The summed E-state index contributed by atoms with van der Waals surface area (Å²) in [6, 6.07) is 19.8. The van der Waals surface area contributed by atoms with E-state index in [-0.39, 0.29) is 5.91 Å². The number of benzene rings is 3. The van der Waals surface area contributed by atoms with Gasteiger partial charge in [0.2, 0.25) is 0 Å². The zero-order valence-electron chi connectivity index (χ0n) is 18.9. The first kappa shape index (κ1) is 22.2. The Balaban J connectivity index is 1.74. The van der Waals surface area contributed by atoms with Gasteiger partial charge in [0.1, 0.15) is 5.75 Å². The summed E-state index contributed by atoms with van der Waals surface area (Å²) in [5.41, 5.74) is 1.59. The van der Waals surface area contributed by atoms with Crippen LogP contribution >= 0.6 is 11.3 Å². The molecule has 0 aliphatic rings. The fraction of sp³-hybridized carbons (Fsp3) is 0.308. The van der Waals surface area contributed by atoms with Crippen LogP contribution in [-0.2, 0) is 0 Å². The molecule has 0 atom stereocenters. The van der Waals surface area contributed by atoms with E-state index in [1.165, 1.54) is 11.3 Å². The maximum Gasteiger partial charge on any atom is 0.260 e. The van der Waals surface area contributed by atoms with Gasteiger partial charge in [0.25, 0.3) is 5.91 Å². The second-order valence-corrected chi connectivity index (χ2v) is 8.58. The third-order valence-electron chi connectivity index (χ3n) is 5.69. The third kappa shape index (κ3) is 4.61. The highest BCUT2D eigenvalue weighted by atomic mass is 32.1. The van der Waals surface area contributed by atoms with Crippen LogP contribution in [0.3, 0.4) is 0 Å². The van der Waals surface area contributed by atoms with E-state index in [0.29, 0.717) is 18.7 Å². The van der Waals surface area contributed by atoms with Crippen LogP contribution in [0, 0.1) is 0 Å². The number of carbonyl (C=O) groups excluding carboxylic acids is 1. The van der Waals surface area contributed by atoms with E-state index in [1.54, 1.807) is 0 Å². The lowest BCUT2D eigenvalue weighted by Crippen LogP contribution is -2.39. The van der Waals surface area contributed by atoms with Gasteiger partial charge in [-0.25, -0.2) is 4.98 Å². The fourth-order valence-corrected chi connectivity index (χ4v) is 4.91. The molecule has 0 unspecified atom stereocenters. The summed E-state index contributed by atoms with van der Waals surface area (Å²) < 4.78 is 6.67. The summed E-state index contributed by atoms with van der Waals surface area (Å²) >= 11 is 1.54. The molecule has 3 aromatic carbocycles. The molecule has 0 saturated carbocycles. The Kier molecular flexibility index (Phi) is 7.02. The van der Waals surface area contributed by atoms with Crippen LogP contribution in [0.4, 0.5) is 5.13 Å². The van der Waals surface area contributed by atoms with Gasteiger partial charge in [0.15, 0.2) is 5.13 Å². The molecular formula is C26H29N3O2S. The molecule has 0 saturated heterocycles. The van der Waals surface area contributed by atoms with Gasteiger partial charge in [-0.2, -0.15) is 0 Å². The monoisotopic (exact) mass is 447 g/mol. The summed E-state index contributed by atoms with van der Waals surface area (Å²) in [5, 5.41) is 2.75. The van der Waals surface area contributed by atoms with Gasteiger partial charge >= 0.3 is 0 Å². The molecule has 0 radical (unpaired) electrons. The standard InChI is InChI=1S/C26H29N3O2S/c1-4-28(5-2)16-17-29(25(30)22-13-9-11-19-10-7-8-12-21(19)22)26-27-23-15-14-20(31-6-3)18-24(23)32-26/h7-15,18H,4-6,16-17H2,1-3H3. The van der Waals surface area contributed by atoms with E-state index in [2.05, 4.69) is 18.7 Å². The van der Waals surface area contributed by atoms with Crippen LogP contribution in [0.25, 0.3) is 21.0 Å². The number of nitrogens with zero attached hydrogens (tertiary/aromatic N) is 3. The van der Waals surface area contributed by atoms with Gasteiger partial charge < -0.3 is 9.64 Å². The van der Waals surface area contributed by atoms with Crippen molar-refractivity contribution in [2.24, 2.45) is 0 Å². The number of rotatable bonds is 9. The normalized spacial score (nSPS) is 11.4. The van der Waals surface area contributed by atoms with Crippen LogP contribution in [-0.4, -0.2) is 48.6 Å². The van der Waals surface area contributed by atoms with E-state index < -0.39 is 0 Å². The zero-order valence-corrected chi connectivity index (χ0v) is 19.7. The molecule has 6 heteroatoms. The molecule has 32 heavy (non-hydrogen) atoms. The number of fused-ring (bicyclic) bond motifs is 2. The maximum absolute atomic E-state index is 13.8. The fourth-order valence-electron chi connectivity index (χ4n) is 3.89. The van der Waals surface area contributed by atoms with E-state index in [1.807, 2.05) is 72.5 Å². The lowest BCUT2D eigenvalue weighted by Gasteiger charge is -2.25. The Bertz CT molecular complexity index is 1210. The van der Waals surface area contributed by atoms with Crippen molar-refractivity contribution in [1.82, 2.24) is 9.88 Å². The van der Waals surface area contributed by atoms with Crippen molar-refractivity contribution in [2.45, 2.75) is 20.8 Å². The van der Waals surface area contributed by atoms with Crippen molar-refractivity contribution >= 4 is 43.4 Å². The van der Waals surface area contributed by atoms with E-state index in [9.17, 15) is 4.79 Å². The van der Waals surface area contributed by atoms with E-state index >= 15 is 0 Å². The summed E-state index contributed by atoms with van der Waals surface area (Å²) in [4.78, 5) is 22.8. The largest absolute Gasteiger partial charge is 0.494 e. The molecule has 0 aliphatic carbocycles. The smallest absolute Gasteiger partial charge is 0.260 e. The number of ether oxygens (including phenoxy) is 1. The van der Waals surface area contributed by atoms with E-state index in [0.717, 1.165) is 51.5 Å². The summed E-state index contributed by atoms with van der Waals surface area (Å²) in [5.74, 6) is 0.809. The number of anilines is 1. The summed E-state index contributed by atoms with van der Waals surface area (Å²) in [7, 11) is 0. The number of carbonyl (C=O) groups is 1. The van der Waals surface area contributed by atoms with Gasteiger partial charge in [0, 0.05) is 18.7 Å². The number of likely N-dealkylation sites (N-methyl/N-ethyl adjacent to an activating group) is 1. The first-order valence-electron chi connectivity index (χ1n) is 11.2. The molecule has 0 aliphatic heterocycles. The third-order valence-corrected chi connectivity index (χ3v) is 6.73. The molecule has 0 bridgehead atoms. The second kappa shape index (κ2) is 10.1. The molecule has 1 heterocycles. The maximum atomic E-state index is 13.8. The molecule has 0 N–H and O–H groups in total. The van der Waals surface area contributed by atoms with Crippen molar-refractivity contribution in [3.05, 3.63) is 66.2 Å². The highest BCUT2D eigenvalue weighted by molar-refractivity contribution is 7.22. The Hall–Kier alpha value is -2.96. The Morgan fingerprint density at radius 3 is 2.53 bits per heavy atom. The number of aromatic nitrogens is 1. The minimum atomic E-state index is -0.0157. The Morgan fingerprint density at radius 2 is 1.75 bits per heavy atom. The number of hydrogen-bond donors (Lipinski definition) is 0. The molecular weight excluding hydrogens is 418 g/mol. The minimum Gasteiger partial charge on any atom is -0.494 e. The molecule has 1 aromatic heterocycles. The average molecular weight is 448 g/mol. The number of hydrogen-bond acceptors (Lipinski definition) is 5. The average Bonchev–Trinajstić information content (AvgIpc) is 3.24. The minimum absolute atomic E-state index is 0.0157. The van der Waals surface area contributed by atoms with Crippen molar-refractivity contribution in [3.63, 3.8) is 0 Å².